The predicted octanol–water partition coefficient (Wildman–Crippen LogP) is 3.17. The van der Waals surface area contributed by atoms with Crippen LogP contribution in [-0.4, -0.2) is 43.0 Å². The fourth-order valence-corrected chi connectivity index (χ4v) is 4.38. The summed E-state index contributed by atoms with van der Waals surface area (Å²) in [6.07, 6.45) is 6.77. The molecule has 0 spiro atoms. The van der Waals surface area contributed by atoms with Crippen molar-refractivity contribution in [3.05, 3.63) is 29.8 Å². The first-order valence-corrected chi connectivity index (χ1v) is 10.0. The lowest BCUT2D eigenvalue weighted by atomic mass is 10.2. The Bertz CT molecular complexity index is 595. The van der Waals surface area contributed by atoms with E-state index < -0.39 is 5.97 Å². The zero-order chi connectivity index (χ0) is 17.5. The van der Waals surface area contributed by atoms with E-state index in [1.54, 1.807) is 17.8 Å². The molecule has 0 radical (unpaired) electrons. The van der Waals surface area contributed by atoms with Crippen LogP contribution in [0.5, 0.6) is 0 Å². The lowest BCUT2D eigenvalue weighted by Crippen LogP contribution is -2.35. The van der Waals surface area contributed by atoms with Crippen LogP contribution in [0.25, 0.3) is 0 Å². The van der Waals surface area contributed by atoms with Crippen molar-refractivity contribution in [2.75, 3.05) is 19.0 Å². The van der Waals surface area contributed by atoms with Gasteiger partial charge < -0.3 is 14.8 Å². The molecule has 1 N–H and O–H groups in total. The number of esters is 1. The smallest absolute Gasteiger partial charge is 0.339 e. The highest BCUT2D eigenvalue weighted by Crippen LogP contribution is 2.27. The number of carbonyl (C=O) groups excluding carboxylic acids is 2. The Hall–Kier alpha value is -1.53. The Balaban J connectivity index is 1.49. The van der Waals surface area contributed by atoms with Gasteiger partial charge in [0.1, 0.15) is 0 Å². The van der Waals surface area contributed by atoms with E-state index in [0.717, 1.165) is 55.8 Å². The summed E-state index contributed by atoms with van der Waals surface area (Å²) < 4.78 is 10.8. The Labute approximate surface area is 152 Å². The fourth-order valence-electron chi connectivity index (χ4n) is 3.27. The van der Waals surface area contributed by atoms with Gasteiger partial charge in [-0.15, -0.1) is 11.8 Å². The number of hydrogen-bond acceptors (Lipinski definition) is 5. The third-order valence-corrected chi connectivity index (χ3v) is 5.82. The summed E-state index contributed by atoms with van der Waals surface area (Å²) in [6, 6.07) is 7.61. The molecule has 1 aliphatic carbocycles. The Morgan fingerprint density at radius 3 is 2.72 bits per heavy atom. The van der Waals surface area contributed by atoms with E-state index in [0.29, 0.717) is 5.56 Å². The van der Waals surface area contributed by atoms with Crippen LogP contribution in [0, 0.1) is 0 Å². The second kappa shape index (κ2) is 9.25. The van der Waals surface area contributed by atoms with Gasteiger partial charge in [0.15, 0.2) is 6.61 Å². The minimum Gasteiger partial charge on any atom is -0.452 e. The minimum atomic E-state index is -0.447. The van der Waals surface area contributed by atoms with Crippen molar-refractivity contribution < 1.29 is 19.1 Å². The van der Waals surface area contributed by atoms with Crippen LogP contribution in [0.3, 0.4) is 0 Å². The van der Waals surface area contributed by atoms with E-state index in [-0.39, 0.29) is 24.7 Å². The molecule has 1 atom stereocenters. The maximum Gasteiger partial charge on any atom is 0.339 e. The first-order chi connectivity index (χ1) is 12.2. The lowest BCUT2D eigenvalue weighted by Gasteiger charge is -2.13. The molecule has 2 fully saturated rings. The molecule has 136 valence electrons. The number of ether oxygens (including phenoxy) is 2. The maximum absolute atomic E-state index is 12.4. The molecular formula is C19H25NO4S. The average Bonchev–Trinajstić information content (AvgIpc) is 3.32. The maximum atomic E-state index is 12.4. The highest BCUT2D eigenvalue weighted by atomic mass is 32.2. The van der Waals surface area contributed by atoms with Gasteiger partial charge >= 0.3 is 5.97 Å². The van der Waals surface area contributed by atoms with E-state index >= 15 is 0 Å². The third-order valence-electron chi connectivity index (χ3n) is 4.61. The summed E-state index contributed by atoms with van der Waals surface area (Å²) in [7, 11) is 0. The predicted molar refractivity (Wildman–Crippen MR) is 96.8 cm³/mol. The van der Waals surface area contributed by atoms with Gasteiger partial charge in [-0.1, -0.05) is 25.0 Å². The zero-order valence-corrected chi connectivity index (χ0v) is 15.2. The third kappa shape index (κ3) is 5.47. The molecule has 0 unspecified atom stereocenters. The monoisotopic (exact) mass is 363 g/mol. The van der Waals surface area contributed by atoms with Crippen LogP contribution in [0.1, 0.15) is 48.9 Å². The van der Waals surface area contributed by atoms with E-state index in [1.807, 2.05) is 18.2 Å². The molecule has 1 heterocycles. The molecule has 5 nitrogen and oxygen atoms in total. The fraction of sp³-hybridized carbons (Fsp3) is 0.579. The number of amides is 1. The first-order valence-electron chi connectivity index (χ1n) is 9.02. The topological polar surface area (TPSA) is 64.6 Å². The number of benzene rings is 1. The molecule has 1 saturated heterocycles. The number of hydrogen-bond donors (Lipinski definition) is 1. The lowest BCUT2D eigenvalue weighted by molar-refractivity contribution is -0.124. The summed E-state index contributed by atoms with van der Waals surface area (Å²) in [4.78, 5) is 25.1. The molecule has 2 aliphatic rings. The number of rotatable bonds is 7. The van der Waals surface area contributed by atoms with Crippen molar-refractivity contribution in [2.24, 2.45) is 0 Å². The standard InChI is InChI=1S/C19H25NO4S/c21-18(20-14-6-1-2-7-14)12-24-19(22)16-9-3-4-10-17(16)25-13-15-8-5-11-23-15/h3-4,9-10,14-15H,1-2,5-8,11-13H2,(H,20,21)/t15-/m0/s1. The van der Waals surface area contributed by atoms with Gasteiger partial charge in [-0.2, -0.15) is 0 Å². The summed E-state index contributed by atoms with van der Waals surface area (Å²) in [6.45, 7) is 0.602. The van der Waals surface area contributed by atoms with E-state index in [9.17, 15) is 9.59 Å². The molecule has 3 rings (SSSR count). The second-order valence-corrected chi connectivity index (χ2v) is 7.63. The van der Waals surface area contributed by atoms with Gasteiger partial charge in [-0.05, 0) is 37.8 Å². The van der Waals surface area contributed by atoms with E-state index in [2.05, 4.69) is 5.32 Å². The van der Waals surface area contributed by atoms with Gasteiger partial charge in [0.25, 0.3) is 5.91 Å². The van der Waals surface area contributed by atoms with Crippen molar-refractivity contribution in [2.45, 2.75) is 55.6 Å². The van der Waals surface area contributed by atoms with Crippen molar-refractivity contribution in [1.29, 1.82) is 0 Å². The molecule has 6 heteroatoms. The summed E-state index contributed by atoms with van der Waals surface area (Å²) >= 11 is 1.61. The second-order valence-electron chi connectivity index (χ2n) is 6.57. The van der Waals surface area contributed by atoms with Crippen molar-refractivity contribution in [3.63, 3.8) is 0 Å². The Morgan fingerprint density at radius 1 is 1.16 bits per heavy atom. The number of nitrogens with one attached hydrogen (secondary N) is 1. The summed E-state index contributed by atoms with van der Waals surface area (Å²) in [5.41, 5.74) is 0.513. The van der Waals surface area contributed by atoms with Crippen LogP contribution in [0.2, 0.25) is 0 Å². The van der Waals surface area contributed by atoms with Crippen LogP contribution in [-0.2, 0) is 14.3 Å². The van der Waals surface area contributed by atoms with Gasteiger partial charge in [0, 0.05) is 23.3 Å². The number of carbonyl (C=O) groups is 2. The van der Waals surface area contributed by atoms with E-state index in [1.165, 1.54) is 0 Å². The average molecular weight is 363 g/mol. The summed E-state index contributed by atoms with van der Waals surface area (Å²) in [5.74, 6) is 0.161. The normalized spacial score (nSPS) is 20.6. The molecule has 1 aromatic carbocycles. The molecule has 25 heavy (non-hydrogen) atoms. The first kappa shape index (κ1) is 18.3. The van der Waals surface area contributed by atoms with Crippen LogP contribution in [0.4, 0.5) is 0 Å². The van der Waals surface area contributed by atoms with Crippen molar-refractivity contribution in [1.82, 2.24) is 5.32 Å². The van der Waals surface area contributed by atoms with Gasteiger partial charge in [-0.25, -0.2) is 4.79 Å². The summed E-state index contributed by atoms with van der Waals surface area (Å²) in [5, 5.41) is 2.92. The Kier molecular flexibility index (Phi) is 6.76. The largest absolute Gasteiger partial charge is 0.452 e. The van der Waals surface area contributed by atoms with Crippen LogP contribution < -0.4 is 5.32 Å². The highest BCUT2D eigenvalue weighted by molar-refractivity contribution is 7.99. The van der Waals surface area contributed by atoms with Gasteiger partial charge in [0.2, 0.25) is 0 Å². The SMILES string of the molecule is O=C(COC(=O)c1ccccc1SC[C@@H]1CCCO1)NC1CCCC1. The molecule has 1 saturated carbocycles. The molecule has 1 amide bonds. The molecule has 1 aliphatic heterocycles. The van der Waals surface area contributed by atoms with Gasteiger partial charge in [0.05, 0.1) is 11.7 Å². The van der Waals surface area contributed by atoms with Gasteiger partial charge in [-0.3, -0.25) is 4.79 Å². The molecule has 1 aromatic rings. The van der Waals surface area contributed by atoms with Crippen LogP contribution in [0.15, 0.2) is 29.2 Å². The highest BCUT2D eigenvalue weighted by Gasteiger charge is 2.20. The molecule has 0 aromatic heterocycles. The van der Waals surface area contributed by atoms with Crippen molar-refractivity contribution in [3.8, 4) is 0 Å². The quantitative estimate of drug-likeness (QED) is 0.595. The van der Waals surface area contributed by atoms with Crippen molar-refractivity contribution >= 4 is 23.6 Å². The Morgan fingerprint density at radius 2 is 1.96 bits per heavy atom. The van der Waals surface area contributed by atoms with E-state index in [4.69, 9.17) is 9.47 Å². The molecule has 0 bridgehead atoms. The minimum absolute atomic E-state index is 0.218. The molecular weight excluding hydrogens is 338 g/mol. The van der Waals surface area contributed by atoms with Crippen LogP contribution >= 0.6 is 11.8 Å². The zero-order valence-electron chi connectivity index (χ0n) is 14.4. The number of thioether (sulfide) groups is 1.